The van der Waals surface area contributed by atoms with Gasteiger partial charge in [-0.25, -0.2) is 24.7 Å². The van der Waals surface area contributed by atoms with E-state index in [1.165, 1.54) is 11.8 Å². The number of hydrogen-bond acceptors (Lipinski definition) is 9. The Hall–Kier alpha value is -3.18. The van der Waals surface area contributed by atoms with Crippen molar-refractivity contribution < 1.29 is 9.53 Å². The number of hydrogen-bond donors (Lipinski definition) is 1. The summed E-state index contributed by atoms with van der Waals surface area (Å²) in [5.74, 6) is 0.742. The molecule has 1 aliphatic rings. The second-order valence-corrected chi connectivity index (χ2v) is 11.1. The summed E-state index contributed by atoms with van der Waals surface area (Å²) in [5.41, 5.74) is 2.34. The minimum absolute atomic E-state index is 0.00703. The molecule has 1 N–H and O–H groups in total. The molecule has 12 heteroatoms. The van der Waals surface area contributed by atoms with Crippen molar-refractivity contribution in [3.8, 4) is 0 Å². The van der Waals surface area contributed by atoms with Crippen molar-refractivity contribution >= 4 is 57.5 Å². The van der Waals surface area contributed by atoms with E-state index in [1.807, 2.05) is 33.8 Å². The number of likely N-dealkylation sites (N-methyl/N-ethyl adjacent to an activating group) is 1. The van der Waals surface area contributed by atoms with E-state index in [0.29, 0.717) is 40.1 Å². The molecule has 1 amide bonds. The number of aromatic nitrogens is 6. The maximum Gasteiger partial charge on any atom is 0.410 e. The maximum absolute atomic E-state index is 12.5. The Morgan fingerprint density at radius 2 is 2.00 bits per heavy atom. The highest BCUT2D eigenvalue weighted by Crippen LogP contribution is 2.38. The van der Waals surface area contributed by atoms with Gasteiger partial charge >= 0.3 is 6.09 Å². The highest BCUT2D eigenvalue weighted by Gasteiger charge is 2.37. The standard InChI is InChI=1S/C24H27ClN8O2S/c1-6-15-18(25)17-20(29-15)30-22(36-14-9-16-19(28-10-14)27-8-7-26-16)31-21(17)33-11-13(12-33)32(5)23(34)35-24(2,3)4/h7-10,13H,6,11-12H2,1-5H3,(H,29,30,31). The van der Waals surface area contributed by atoms with Gasteiger partial charge in [0.1, 0.15) is 22.6 Å². The molecule has 4 aromatic heterocycles. The second-order valence-electron chi connectivity index (χ2n) is 9.65. The Balaban J connectivity index is 1.43. The van der Waals surface area contributed by atoms with Crippen LogP contribution in [0, 0.1) is 0 Å². The lowest BCUT2D eigenvalue weighted by Crippen LogP contribution is -2.60. The molecular formula is C24H27ClN8O2S. The fraction of sp³-hybridized carbons (Fsp3) is 0.417. The van der Waals surface area contributed by atoms with Crippen molar-refractivity contribution in [3.63, 3.8) is 0 Å². The number of rotatable bonds is 5. The van der Waals surface area contributed by atoms with Crippen molar-refractivity contribution in [2.75, 3.05) is 25.0 Å². The van der Waals surface area contributed by atoms with Gasteiger partial charge in [-0.2, -0.15) is 0 Å². The molecule has 0 aromatic carbocycles. The Morgan fingerprint density at radius 1 is 1.25 bits per heavy atom. The van der Waals surface area contributed by atoms with Gasteiger partial charge < -0.3 is 19.5 Å². The third-order valence-electron chi connectivity index (χ3n) is 5.88. The number of halogens is 1. The van der Waals surface area contributed by atoms with Gasteiger partial charge in [0.05, 0.1) is 16.5 Å². The summed E-state index contributed by atoms with van der Waals surface area (Å²) in [7, 11) is 1.76. The molecule has 10 nitrogen and oxygen atoms in total. The topological polar surface area (TPSA) is 113 Å². The Labute approximate surface area is 217 Å². The van der Waals surface area contributed by atoms with Gasteiger partial charge in [0.25, 0.3) is 0 Å². The Bertz CT molecular complexity index is 1450. The molecule has 188 valence electrons. The zero-order valence-electron chi connectivity index (χ0n) is 20.7. The van der Waals surface area contributed by atoms with E-state index in [9.17, 15) is 4.79 Å². The van der Waals surface area contributed by atoms with Crippen LogP contribution in [0.5, 0.6) is 0 Å². The second kappa shape index (κ2) is 9.36. The van der Waals surface area contributed by atoms with E-state index in [0.717, 1.165) is 28.2 Å². The van der Waals surface area contributed by atoms with Crippen molar-refractivity contribution in [2.24, 2.45) is 0 Å². The van der Waals surface area contributed by atoms with E-state index >= 15 is 0 Å². The lowest BCUT2D eigenvalue weighted by molar-refractivity contribution is 0.0196. The first-order chi connectivity index (χ1) is 17.1. The summed E-state index contributed by atoms with van der Waals surface area (Å²) in [5, 5.41) is 1.98. The van der Waals surface area contributed by atoms with Crippen LogP contribution in [0.2, 0.25) is 5.02 Å². The monoisotopic (exact) mass is 526 g/mol. The van der Waals surface area contributed by atoms with Crippen LogP contribution in [-0.2, 0) is 11.2 Å². The molecule has 4 aromatic rings. The van der Waals surface area contributed by atoms with Gasteiger partial charge in [-0.1, -0.05) is 18.5 Å². The van der Waals surface area contributed by atoms with Gasteiger partial charge in [-0.3, -0.25) is 4.98 Å². The van der Waals surface area contributed by atoms with E-state index in [2.05, 4.69) is 24.8 Å². The largest absolute Gasteiger partial charge is 0.444 e. The fourth-order valence-corrected chi connectivity index (χ4v) is 5.06. The third kappa shape index (κ3) is 4.77. The number of carbonyl (C=O) groups excluding carboxylic acids is 1. The van der Waals surface area contributed by atoms with Crippen LogP contribution >= 0.6 is 23.4 Å². The van der Waals surface area contributed by atoms with E-state index < -0.39 is 5.60 Å². The van der Waals surface area contributed by atoms with Crippen LogP contribution in [0.15, 0.2) is 34.7 Å². The highest BCUT2D eigenvalue weighted by molar-refractivity contribution is 7.99. The minimum atomic E-state index is -0.544. The number of nitrogens with one attached hydrogen (secondary N) is 1. The number of carbonyl (C=O) groups is 1. The predicted molar refractivity (Wildman–Crippen MR) is 140 cm³/mol. The average molecular weight is 527 g/mol. The number of aryl methyl sites for hydroxylation is 1. The van der Waals surface area contributed by atoms with Crippen LogP contribution in [0.4, 0.5) is 10.6 Å². The number of amides is 1. The van der Waals surface area contributed by atoms with Gasteiger partial charge in [-0.05, 0) is 45.0 Å². The molecule has 36 heavy (non-hydrogen) atoms. The average Bonchev–Trinajstić information content (AvgIpc) is 3.12. The highest BCUT2D eigenvalue weighted by atomic mass is 35.5. The SMILES string of the molecule is CCc1[nH]c2nc(Sc3cnc4nccnc4c3)nc(N3CC(N(C)C(=O)OC(C)(C)C)C3)c2c1Cl. The van der Waals surface area contributed by atoms with Crippen molar-refractivity contribution in [2.45, 2.75) is 55.8 Å². The molecule has 0 bridgehead atoms. The summed E-state index contributed by atoms with van der Waals surface area (Å²) in [6, 6.07) is 1.93. The summed E-state index contributed by atoms with van der Waals surface area (Å²) in [4.78, 5) is 43.0. The Morgan fingerprint density at radius 3 is 2.72 bits per heavy atom. The summed E-state index contributed by atoms with van der Waals surface area (Å²) < 4.78 is 5.52. The number of pyridine rings is 1. The van der Waals surface area contributed by atoms with Crippen LogP contribution in [0.25, 0.3) is 22.2 Å². The van der Waals surface area contributed by atoms with Crippen molar-refractivity contribution in [1.82, 2.24) is 34.8 Å². The van der Waals surface area contributed by atoms with E-state index in [1.54, 1.807) is 30.5 Å². The molecule has 5 rings (SSSR count). The maximum atomic E-state index is 12.5. The molecule has 0 unspecified atom stereocenters. The first kappa shape index (κ1) is 24.5. The van der Waals surface area contributed by atoms with Crippen molar-refractivity contribution in [3.05, 3.63) is 35.4 Å². The number of nitrogens with zero attached hydrogens (tertiary/aromatic N) is 7. The molecule has 5 heterocycles. The molecular weight excluding hydrogens is 500 g/mol. The molecule has 0 radical (unpaired) electrons. The Kier molecular flexibility index (Phi) is 6.37. The zero-order valence-corrected chi connectivity index (χ0v) is 22.3. The lowest BCUT2D eigenvalue weighted by Gasteiger charge is -2.44. The van der Waals surface area contributed by atoms with Crippen LogP contribution in [-0.4, -0.2) is 72.7 Å². The van der Waals surface area contributed by atoms with Gasteiger partial charge in [-0.15, -0.1) is 0 Å². The van der Waals surface area contributed by atoms with Gasteiger partial charge in [0.2, 0.25) is 0 Å². The number of anilines is 1. The number of H-pyrrole nitrogens is 1. The number of fused-ring (bicyclic) bond motifs is 2. The smallest absolute Gasteiger partial charge is 0.410 e. The lowest BCUT2D eigenvalue weighted by atomic mass is 10.1. The normalized spacial score (nSPS) is 14.3. The summed E-state index contributed by atoms with van der Waals surface area (Å²) in [6.07, 6.45) is 5.40. The van der Waals surface area contributed by atoms with Crippen molar-refractivity contribution in [1.29, 1.82) is 0 Å². The van der Waals surface area contributed by atoms with Gasteiger partial charge in [0, 0.05) is 49.3 Å². The van der Waals surface area contributed by atoms with E-state index in [-0.39, 0.29) is 12.1 Å². The van der Waals surface area contributed by atoms with E-state index in [4.69, 9.17) is 26.3 Å². The first-order valence-electron chi connectivity index (χ1n) is 11.7. The molecule has 1 aliphatic heterocycles. The summed E-state index contributed by atoms with van der Waals surface area (Å²) >= 11 is 8.13. The quantitative estimate of drug-likeness (QED) is 0.369. The number of aromatic amines is 1. The van der Waals surface area contributed by atoms with Gasteiger partial charge in [0.15, 0.2) is 10.8 Å². The predicted octanol–water partition coefficient (Wildman–Crippen LogP) is 4.72. The van der Waals surface area contributed by atoms with Crippen LogP contribution in [0.3, 0.4) is 0 Å². The molecule has 0 saturated carbocycles. The molecule has 0 aliphatic carbocycles. The third-order valence-corrected chi connectivity index (χ3v) is 7.12. The van der Waals surface area contributed by atoms with Crippen LogP contribution < -0.4 is 4.90 Å². The minimum Gasteiger partial charge on any atom is -0.444 e. The summed E-state index contributed by atoms with van der Waals surface area (Å²) in [6.45, 7) is 8.85. The number of ether oxygens (including phenoxy) is 1. The molecule has 0 atom stereocenters. The van der Waals surface area contributed by atoms with Crippen LogP contribution in [0.1, 0.15) is 33.4 Å². The first-order valence-corrected chi connectivity index (χ1v) is 12.9. The fourth-order valence-electron chi connectivity index (χ4n) is 3.95. The molecule has 1 saturated heterocycles. The zero-order chi connectivity index (χ0) is 25.6. The molecule has 1 fully saturated rings. The molecule has 0 spiro atoms.